The number of aliphatic hydroxyl groups is 1. The Bertz CT molecular complexity index is 419. The van der Waals surface area contributed by atoms with Crippen LogP contribution in [0, 0.1) is 0 Å². The Morgan fingerprint density at radius 2 is 2.22 bits per heavy atom. The summed E-state index contributed by atoms with van der Waals surface area (Å²) in [5.74, 6) is 0.331. The van der Waals surface area contributed by atoms with E-state index >= 15 is 0 Å². The topological polar surface area (TPSA) is 75.8 Å². The van der Waals surface area contributed by atoms with Gasteiger partial charge in [-0.2, -0.15) is 0 Å². The monoisotopic (exact) mass is 252 g/mol. The van der Waals surface area contributed by atoms with Crippen molar-refractivity contribution in [2.45, 2.75) is 19.4 Å². The van der Waals surface area contributed by atoms with E-state index < -0.39 is 6.10 Å². The molecule has 1 aromatic rings. The Morgan fingerprint density at radius 1 is 1.56 bits per heavy atom. The molecule has 0 aliphatic rings. The van der Waals surface area contributed by atoms with Gasteiger partial charge in [-0.15, -0.1) is 0 Å². The summed E-state index contributed by atoms with van der Waals surface area (Å²) in [5, 5.41) is 9.22. The molecule has 0 aliphatic carbocycles. The number of rotatable bonds is 5. The van der Waals surface area contributed by atoms with E-state index in [4.69, 9.17) is 10.5 Å². The van der Waals surface area contributed by atoms with Crippen LogP contribution in [0.3, 0.4) is 0 Å². The molecule has 18 heavy (non-hydrogen) atoms. The Morgan fingerprint density at radius 3 is 2.78 bits per heavy atom. The Balaban J connectivity index is 2.85. The SMILES string of the molecule is COc1ccc(N)cc1C(=O)N(C)CCC(C)O. The van der Waals surface area contributed by atoms with Gasteiger partial charge in [0.25, 0.3) is 5.91 Å². The number of nitrogens with two attached hydrogens (primary N) is 1. The van der Waals surface area contributed by atoms with Crippen LogP contribution in [0.15, 0.2) is 18.2 Å². The summed E-state index contributed by atoms with van der Waals surface area (Å²) in [6, 6.07) is 4.95. The lowest BCUT2D eigenvalue weighted by Crippen LogP contribution is -2.29. The quantitative estimate of drug-likeness (QED) is 0.770. The van der Waals surface area contributed by atoms with E-state index in [9.17, 15) is 9.90 Å². The van der Waals surface area contributed by atoms with Crippen molar-refractivity contribution in [2.24, 2.45) is 0 Å². The summed E-state index contributed by atoms with van der Waals surface area (Å²) >= 11 is 0. The number of carbonyl (C=O) groups is 1. The molecule has 1 amide bonds. The second kappa shape index (κ2) is 6.26. The molecular formula is C13H20N2O3. The average Bonchev–Trinajstić information content (AvgIpc) is 2.34. The molecule has 0 aromatic heterocycles. The number of anilines is 1. The molecule has 5 nitrogen and oxygen atoms in total. The van der Waals surface area contributed by atoms with Crippen LogP contribution < -0.4 is 10.5 Å². The van der Waals surface area contributed by atoms with Crippen LogP contribution in [0.2, 0.25) is 0 Å². The van der Waals surface area contributed by atoms with Crippen LogP contribution >= 0.6 is 0 Å². The molecule has 3 N–H and O–H groups in total. The molecule has 1 atom stereocenters. The first-order valence-electron chi connectivity index (χ1n) is 5.82. The number of nitrogens with zero attached hydrogens (tertiary/aromatic N) is 1. The molecule has 0 radical (unpaired) electrons. The third-order valence-corrected chi connectivity index (χ3v) is 2.68. The van der Waals surface area contributed by atoms with Gasteiger partial charge in [-0.3, -0.25) is 4.79 Å². The minimum absolute atomic E-state index is 0.167. The fraction of sp³-hybridized carbons (Fsp3) is 0.462. The molecule has 100 valence electrons. The van der Waals surface area contributed by atoms with E-state index in [1.165, 1.54) is 7.11 Å². The van der Waals surface area contributed by atoms with E-state index in [1.807, 2.05) is 0 Å². The summed E-state index contributed by atoms with van der Waals surface area (Å²) in [4.78, 5) is 13.7. The summed E-state index contributed by atoms with van der Waals surface area (Å²) in [6.45, 7) is 2.17. The molecule has 5 heteroatoms. The number of carbonyl (C=O) groups excluding carboxylic acids is 1. The van der Waals surface area contributed by atoms with Crippen molar-refractivity contribution < 1.29 is 14.6 Å². The van der Waals surface area contributed by atoms with Gasteiger partial charge in [0.05, 0.1) is 18.8 Å². The smallest absolute Gasteiger partial charge is 0.257 e. The lowest BCUT2D eigenvalue weighted by atomic mass is 10.1. The fourth-order valence-electron chi connectivity index (χ4n) is 1.58. The van der Waals surface area contributed by atoms with Crippen molar-refractivity contribution in [2.75, 3.05) is 26.4 Å². The largest absolute Gasteiger partial charge is 0.496 e. The predicted molar refractivity (Wildman–Crippen MR) is 70.7 cm³/mol. The van der Waals surface area contributed by atoms with Crippen LogP contribution in [0.25, 0.3) is 0 Å². The molecule has 1 unspecified atom stereocenters. The number of amides is 1. The maximum Gasteiger partial charge on any atom is 0.257 e. The minimum atomic E-state index is -0.428. The van der Waals surface area contributed by atoms with Gasteiger partial charge < -0.3 is 20.5 Å². The highest BCUT2D eigenvalue weighted by molar-refractivity contribution is 5.97. The molecule has 0 saturated carbocycles. The third kappa shape index (κ3) is 3.63. The summed E-state index contributed by atoms with van der Waals surface area (Å²) in [6.07, 6.45) is 0.107. The van der Waals surface area contributed by atoms with Gasteiger partial charge >= 0.3 is 0 Å². The zero-order valence-electron chi connectivity index (χ0n) is 11.0. The summed E-state index contributed by atoms with van der Waals surface area (Å²) < 4.78 is 5.14. The summed E-state index contributed by atoms with van der Waals surface area (Å²) in [5.41, 5.74) is 6.63. The standard InChI is InChI=1S/C13H20N2O3/c1-9(16)6-7-15(2)13(17)11-8-10(14)4-5-12(11)18-3/h4-5,8-9,16H,6-7,14H2,1-3H3. The second-order valence-electron chi connectivity index (χ2n) is 4.32. The highest BCUT2D eigenvalue weighted by atomic mass is 16.5. The number of hydrogen-bond donors (Lipinski definition) is 2. The number of ether oxygens (including phenoxy) is 1. The molecule has 0 spiro atoms. The fourth-order valence-corrected chi connectivity index (χ4v) is 1.58. The molecule has 0 heterocycles. The Labute approximate surface area is 107 Å². The zero-order chi connectivity index (χ0) is 13.7. The molecule has 1 aromatic carbocycles. The second-order valence-corrected chi connectivity index (χ2v) is 4.32. The summed E-state index contributed by atoms with van der Waals surface area (Å²) in [7, 11) is 3.20. The van der Waals surface area contributed by atoms with E-state index in [2.05, 4.69) is 0 Å². The van der Waals surface area contributed by atoms with E-state index in [0.29, 0.717) is 30.0 Å². The van der Waals surface area contributed by atoms with E-state index in [1.54, 1.807) is 37.1 Å². The Hall–Kier alpha value is -1.75. The molecule has 0 fully saturated rings. The average molecular weight is 252 g/mol. The molecule has 0 bridgehead atoms. The molecule has 0 saturated heterocycles. The normalized spacial score (nSPS) is 12.0. The zero-order valence-corrected chi connectivity index (χ0v) is 11.0. The maximum atomic E-state index is 12.2. The predicted octanol–water partition coefficient (Wildman–Crippen LogP) is 1.12. The number of hydrogen-bond acceptors (Lipinski definition) is 4. The van der Waals surface area contributed by atoms with Crippen LogP contribution in [-0.4, -0.2) is 42.7 Å². The van der Waals surface area contributed by atoms with Gasteiger partial charge in [0, 0.05) is 19.3 Å². The Kier molecular flexibility index (Phi) is 4.97. The highest BCUT2D eigenvalue weighted by Gasteiger charge is 2.17. The highest BCUT2D eigenvalue weighted by Crippen LogP contribution is 2.22. The third-order valence-electron chi connectivity index (χ3n) is 2.68. The van der Waals surface area contributed by atoms with Crippen molar-refractivity contribution in [1.29, 1.82) is 0 Å². The van der Waals surface area contributed by atoms with Crippen molar-refractivity contribution in [3.63, 3.8) is 0 Å². The first-order valence-corrected chi connectivity index (χ1v) is 5.82. The van der Waals surface area contributed by atoms with Crippen LogP contribution in [0.1, 0.15) is 23.7 Å². The molecular weight excluding hydrogens is 232 g/mol. The van der Waals surface area contributed by atoms with Gasteiger partial charge in [-0.1, -0.05) is 0 Å². The van der Waals surface area contributed by atoms with Crippen LogP contribution in [-0.2, 0) is 0 Å². The number of methoxy groups -OCH3 is 1. The number of benzene rings is 1. The first-order chi connectivity index (χ1) is 8.45. The minimum Gasteiger partial charge on any atom is -0.496 e. The van der Waals surface area contributed by atoms with E-state index in [-0.39, 0.29) is 5.91 Å². The number of nitrogen functional groups attached to an aromatic ring is 1. The molecule has 0 aliphatic heterocycles. The van der Waals surface area contributed by atoms with Crippen molar-refractivity contribution in [3.05, 3.63) is 23.8 Å². The van der Waals surface area contributed by atoms with Crippen molar-refractivity contribution in [3.8, 4) is 5.75 Å². The van der Waals surface area contributed by atoms with Gasteiger partial charge in [0.1, 0.15) is 5.75 Å². The first kappa shape index (κ1) is 14.3. The van der Waals surface area contributed by atoms with Crippen LogP contribution in [0.5, 0.6) is 5.75 Å². The van der Waals surface area contributed by atoms with E-state index in [0.717, 1.165) is 0 Å². The lowest BCUT2D eigenvalue weighted by molar-refractivity contribution is 0.0765. The van der Waals surface area contributed by atoms with Crippen molar-refractivity contribution >= 4 is 11.6 Å². The van der Waals surface area contributed by atoms with Crippen molar-refractivity contribution in [1.82, 2.24) is 4.90 Å². The number of aliphatic hydroxyl groups excluding tert-OH is 1. The maximum absolute atomic E-state index is 12.2. The van der Waals surface area contributed by atoms with Gasteiger partial charge in [-0.05, 0) is 31.5 Å². The lowest BCUT2D eigenvalue weighted by Gasteiger charge is -2.19. The molecule has 1 rings (SSSR count). The van der Waals surface area contributed by atoms with Gasteiger partial charge in [0.2, 0.25) is 0 Å². The van der Waals surface area contributed by atoms with Crippen LogP contribution in [0.4, 0.5) is 5.69 Å². The van der Waals surface area contributed by atoms with Gasteiger partial charge in [-0.25, -0.2) is 0 Å². The van der Waals surface area contributed by atoms with Gasteiger partial charge in [0.15, 0.2) is 0 Å².